The highest BCUT2D eigenvalue weighted by Crippen LogP contribution is 2.18. The maximum atomic E-state index is 6.34. The average molecular weight is 257 g/mol. The zero-order valence-corrected chi connectivity index (χ0v) is 12.1. The molecule has 0 aliphatic rings. The summed E-state index contributed by atoms with van der Waals surface area (Å²) in [6.07, 6.45) is 5.80. The third kappa shape index (κ3) is 3.44. The van der Waals surface area contributed by atoms with Gasteiger partial charge in [-0.3, -0.25) is 0 Å². The van der Waals surface area contributed by atoms with Gasteiger partial charge >= 0.3 is 0 Å². The Bertz CT molecular complexity index is 522. The average Bonchev–Trinajstić information content (AvgIpc) is 2.76. The second-order valence-corrected chi connectivity index (χ2v) is 5.27. The van der Waals surface area contributed by atoms with Gasteiger partial charge in [-0.05, 0) is 25.8 Å². The molecule has 1 unspecified atom stereocenters. The number of nitrogens with two attached hydrogens (primary N) is 1. The molecule has 0 aliphatic heterocycles. The number of hydrogen-bond acceptors (Lipinski definition) is 2. The van der Waals surface area contributed by atoms with Crippen LogP contribution < -0.4 is 5.73 Å². The van der Waals surface area contributed by atoms with Gasteiger partial charge in [-0.2, -0.15) is 0 Å². The van der Waals surface area contributed by atoms with E-state index in [0.717, 1.165) is 25.2 Å². The zero-order valence-electron chi connectivity index (χ0n) is 12.1. The number of aryl methyl sites for hydroxylation is 3. The van der Waals surface area contributed by atoms with Crippen molar-refractivity contribution < 1.29 is 0 Å². The van der Waals surface area contributed by atoms with E-state index in [2.05, 4.69) is 48.5 Å². The smallest absolute Gasteiger partial charge is 0.110 e. The zero-order chi connectivity index (χ0) is 13.8. The van der Waals surface area contributed by atoms with Crippen LogP contribution in [-0.4, -0.2) is 9.55 Å². The van der Waals surface area contributed by atoms with Crippen LogP contribution in [0, 0.1) is 13.8 Å². The highest BCUT2D eigenvalue weighted by Gasteiger charge is 2.11. The predicted octanol–water partition coefficient (Wildman–Crippen LogP) is 3.15. The van der Waals surface area contributed by atoms with Crippen molar-refractivity contribution in [3.05, 3.63) is 53.1 Å². The van der Waals surface area contributed by atoms with E-state index in [4.69, 9.17) is 5.73 Å². The van der Waals surface area contributed by atoms with Crippen molar-refractivity contribution in [3.63, 3.8) is 0 Å². The van der Waals surface area contributed by atoms with Crippen molar-refractivity contribution >= 4 is 0 Å². The predicted molar refractivity (Wildman–Crippen MR) is 79.1 cm³/mol. The van der Waals surface area contributed by atoms with E-state index >= 15 is 0 Å². The van der Waals surface area contributed by atoms with E-state index in [1.54, 1.807) is 0 Å². The maximum absolute atomic E-state index is 6.34. The maximum Gasteiger partial charge on any atom is 0.110 e. The molecule has 2 rings (SSSR count). The normalized spacial score (nSPS) is 12.6. The molecule has 0 radical (unpaired) electrons. The molecule has 0 bridgehead atoms. The van der Waals surface area contributed by atoms with Crippen LogP contribution in [0.2, 0.25) is 0 Å². The minimum Gasteiger partial charge on any atom is -0.335 e. The molecule has 1 aromatic heterocycles. The molecule has 0 amide bonds. The van der Waals surface area contributed by atoms with Gasteiger partial charge in [0.25, 0.3) is 0 Å². The first-order valence-corrected chi connectivity index (χ1v) is 6.94. The van der Waals surface area contributed by atoms with Gasteiger partial charge in [-0.1, -0.05) is 36.2 Å². The van der Waals surface area contributed by atoms with Gasteiger partial charge in [0.2, 0.25) is 0 Å². The van der Waals surface area contributed by atoms with Crippen molar-refractivity contribution in [2.24, 2.45) is 5.73 Å². The van der Waals surface area contributed by atoms with Crippen LogP contribution in [0.5, 0.6) is 0 Å². The number of imidazole rings is 1. The Morgan fingerprint density at radius 2 is 1.89 bits per heavy atom. The standard InChI is InChI=1S/C16H23N3/c1-4-6-19-7-5-18-16(19)11-15(17)14-9-12(2)8-13(3)10-14/h5,7-10,15H,4,6,11,17H2,1-3H3. The Balaban J connectivity index is 2.15. The summed E-state index contributed by atoms with van der Waals surface area (Å²) < 4.78 is 2.20. The molecule has 2 N–H and O–H groups in total. The van der Waals surface area contributed by atoms with Crippen molar-refractivity contribution in [3.8, 4) is 0 Å². The summed E-state index contributed by atoms with van der Waals surface area (Å²) in [6.45, 7) is 7.41. The van der Waals surface area contributed by atoms with E-state index in [1.165, 1.54) is 16.7 Å². The van der Waals surface area contributed by atoms with Crippen LogP contribution in [0.25, 0.3) is 0 Å². The summed E-state index contributed by atoms with van der Waals surface area (Å²) in [5, 5.41) is 0. The monoisotopic (exact) mass is 257 g/mol. The van der Waals surface area contributed by atoms with Crippen LogP contribution in [-0.2, 0) is 13.0 Å². The second-order valence-electron chi connectivity index (χ2n) is 5.27. The first-order valence-electron chi connectivity index (χ1n) is 6.94. The minimum absolute atomic E-state index is 0.0107. The lowest BCUT2D eigenvalue weighted by molar-refractivity contribution is 0.598. The number of nitrogens with zero attached hydrogens (tertiary/aromatic N) is 2. The highest BCUT2D eigenvalue weighted by atomic mass is 15.1. The molecule has 1 aromatic carbocycles. The molecule has 0 fully saturated rings. The van der Waals surface area contributed by atoms with Crippen molar-refractivity contribution in [1.82, 2.24) is 9.55 Å². The number of benzene rings is 1. The third-order valence-electron chi connectivity index (χ3n) is 3.34. The summed E-state index contributed by atoms with van der Waals surface area (Å²) in [4.78, 5) is 4.43. The first-order chi connectivity index (χ1) is 9.10. The molecular weight excluding hydrogens is 234 g/mol. The minimum atomic E-state index is 0.0107. The molecule has 2 aromatic rings. The van der Waals surface area contributed by atoms with Crippen molar-refractivity contribution in [1.29, 1.82) is 0 Å². The second kappa shape index (κ2) is 6.02. The number of aromatic nitrogens is 2. The van der Waals surface area contributed by atoms with Gasteiger partial charge in [-0.15, -0.1) is 0 Å². The van der Waals surface area contributed by atoms with Crippen LogP contribution in [0.15, 0.2) is 30.6 Å². The fourth-order valence-corrected chi connectivity index (χ4v) is 2.51. The van der Waals surface area contributed by atoms with Gasteiger partial charge in [0.05, 0.1) is 0 Å². The summed E-state index contributed by atoms with van der Waals surface area (Å²) in [5.41, 5.74) is 10.1. The largest absolute Gasteiger partial charge is 0.335 e. The van der Waals surface area contributed by atoms with Gasteiger partial charge < -0.3 is 10.3 Å². The van der Waals surface area contributed by atoms with Crippen LogP contribution in [0.1, 0.15) is 41.9 Å². The van der Waals surface area contributed by atoms with E-state index < -0.39 is 0 Å². The van der Waals surface area contributed by atoms with Crippen LogP contribution >= 0.6 is 0 Å². The van der Waals surface area contributed by atoms with Crippen LogP contribution in [0.3, 0.4) is 0 Å². The lowest BCUT2D eigenvalue weighted by atomic mass is 9.99. The Morgan fingerprint density at radius 3 is 2.53 bits per heavy atom. The van der Waals surface area contributed by atoms with E-state index in [0.29, 0.717) is 0 Å². The molecule has 0 aliphatic carbocycles. The Kier molecular flexibility index (Phi) is 4.38. The van der Waals surface area contributed by atoms with Gasteiger partial charge in [0.1, 0.15) is 5.82 Å². The Labute approximate surface area is 115 Å². The molecule has 1 atom stereocenters. The molecule has 0 saturated heterocycles. The summed E-state index contributed by atoms with van der Waals surface area (Å²) in [5.74, 6) is 1.08. The molecule has 3 heteroatoms. The molecule has 19 heavy (non-hydrogen) atoms. The summed E-state index contributed by atoms with van der Waals surface area (Å²) in [7, 11) is 0. The fraction of sp³-hybridized carbons (Fsp3) is 0.438. The SMILES string of the molecule is CCCn1ccnc1CC(N)c1cc(C)cc(C)c1. The van der Waals surface area contributed by atoms with Crippen LogP contribution in [0.4, 0.5) is 0 Å². The Morgan fingerprint density at radius 1 is 1.21 bits per heavy atom. The molecule has 3 nitrogen and oxygen atoms in total. The van der Waals surface area contributed by atoms with Gasteiger partial charge in [0, 0.05) is 31.4 Å². The highest BCUT2D eigenvalue weighted by molar-refractivity contribution is 5.31. The molecule has 0 spiro atoms. The third-order valence-corrected chi connectivity index (χ3v) is 3.34. The lowest BCUT2D eigenvalue weighted by Gasteiger charge is -2.14. The lowest BCUT2D eigenvalue weighted by Crippen LogP contribution is -2.17. The summed E-state index contributed by atoms with van der Waals surface area (Å²) in [6, 6.07) is 6.53. The number of rotatable bonds is 5. The topological polar surface area (TPSA) is 43.8 Å². The van der Waals surface area contributed by atoms with Crippen molar-refractivity contribution in [2.45, 2.75) is 46.2 Å². The molecule has 1 heterocycles. The summed E-state index contributed by atoms with van der Waals surface area (Å²) >= 11 is 0. The molecule has 102 valence electrons. The quantitative estimate of drug-likeness (QED) is 0.894. The van der Waals surface area contributed by atoms with E-state index in [-0.39, 0.29) is 6.04 Å². The Hall–Kier alpha value is -1.61. The van der Waals surface area contributed by atoms with Gasteiger partial charge in [-0.25, -0.2) is 4.98 Å². The fourth-order valence-electron chi connectivity index (χ4n) is 2.51. The molecular formula is C16H23N3. The number of hydrogen-bond donors (Lipinski definition) is 1. The first kappa shape index (κ1) is 13.8. The van der Waals surface area contributed by atoms with Gasteiger partial charge in [0.15, 0.2) is 0 Å². The van der Waals surface area contributed by atoms with E-state index in [9.17, 15) is 0 Å². The van der Waals surface area contributed by atoms with E-state index in [1.807, 2.05) is 12.4 Å². The van der Waals surface area contributed by atoms with Crippen molar-refractivity contribution in [2.75, 3.05) is 0 Å². The molecule has 0 saturated carbocycles.